The second-order valence-electron chi connectivity index (χ2n) is 4.34. The molecule has 106 valence electrons. The van der Waals surface area contributed by atoms with Crippen LogP contribution >= 0.6 is 0 Å². The Balaban J connectivity index is 2.42. The summed E-state index contributed by atoms with van der Waals surface area (Å²) in [7, 11) is -3.79. The Morgan fingerprint density at radius 1 is 0.800 bits per heavy atom. The van der Waals surface area contributed by atoms with E-state index in [0.717, 1.165) is 29.8 Å². The maximum atomic E-state index is 12.4. The van der Waals surface area contributed by atoms with Gasteiger partial charge in [-0.3, -0.25) is 0 Å². The van der Waals surface area contributed by atoms with Crippen LogP contribution in [-0.2, 0) is 16.0 Å². The minimum Gasteiger partial charge on any atom is -0.219 e. The van der Waals surface area contributed by atoms with Gasteiger partial charge in [0.15, 0.2) is 0 Å². The quantitative estimate of drug-likeness (QED) is 0.844. The molecule has 0 aromatic heterocycles. The van der Waals surface area contributed by atoms with Crippen LogP contribution in [0.25, 0.3) is 0 Å². The van der Waals surface area contributed by atoms with E-state index in [0.29, 0.717) is 0 Å². The van der Waals surface area contributed by atoms with Crippen LogP contribution in [0, 0.1) is 6.92 Å². The monoisotopic (exact) mass is 300 g/mol. The summed E-state index contributed by atoms with van der Waals surface area (Å²) in [6.45, 7) is 1.81. The Hall–Kier alpha value is -1.82. The molecule has 0 atom stereocenters. The summed E-state index contributed by atoms with van der Waals surface area (Å²) in [5.74, 6) is 0. The van der Waals surface area contributed by atoms with E-state index >= 15 is 0 Å². The summed E-state index contributed by atoms with van der Waals surface area (Å²) in [5, 5.41) is 0. The molecule has 2 aromatic carbocycles. The fraction of sp³-hybridized carbons (Fsp3) is 0.143. The van der Waals surface area contributed by atoms with Crippen molar-refractivity contribution in [2.75, 3.05) is 0 Å². The zero-order valence-electron chi connectivity index (χ0n) is 10.5. The molecule has 0 spiro atoms. The highest BCUT2D eigenvalue weighted by atomic mass is 32.2. The number of alkyl halides is 3. The zero-order valence-corrected chi connectivity index (χ0v) is 11.3. The smallest absolute Gasteiger partial charge is 0.219 e. The normalized spacial score (nSPS) is 12.4. The zero-order chi connectivity index (χ0) is 15.0. The fourth-order valence-corrected chi connectivity index (χ4v) is 2.94. The molecule has 0 heterocycles. The highest BCUT2D eigenvalue weighted by molar-refractivity contribution is 7.91. The van der Waals surface area contributed by atoms with Gasteiger partial charge in [-0.2, -0.15) is 13.2 Å². The molecule has 0 aliphatic rings. The maximum absolute atomic E-state index is 12.4. The van der Waals surface area contributed by atoms with Crippen molar-refractivity contribution >= 4 is 9.84 Å². The summed E-state index contributed by atoms with van der Waals surface area (Å²) in [4.78, 5) is -0.0998. The van der Waals surface area contributed by atoms with Gasteiger partial charge in [-0.25, -0.2) is 8.42 Å². The molecule has 0 unspecified atom stereocenters. The van der Waals surface area contributed by atoms with E-state index in [4.69, 9.17) is 0 Å². The van der Waals surface area contributed by atoms with E-state index in [1.54, 1.807) is 12.1 Å². The van der Waals surface area contributed by atoms with Crippen LogP contribution in [0.1, 0.15) is 11.1 Å². The Bertz CT molecular complexity index is 700. The van der Waals surface area contributed by atoms with Gasteiger partial charge >= 0.3 is 6.18 Å². The van der Waals surface area contributed by atoms with E-state index in [9.17, 15) is 21.6 Å². The molecule has 0 radical (unpaired) electrons. The highest BCUT2D eigenvalue weighted by Gasteiger charge is 2.30. The summed E-state index contributed by atoms with van der Waals surface area (Å²) in [6.07, 6.45) is -4.48. The number of hydrogen-bond donors (Lipinski definition) is 0. The SMILES string of the molecule is Cc1ccc(S(=O)(=O)c2ccc(C(F)(F)F)cc2)cc1. The second kappa shape index (κ2) is 4.94. The van der Waals surface area contributed by atoms with Crippen molar-refractivity contribution in [3.8, 4) is 0 Å². The lowest BCUT2D eigenvalue weighted by Gasteiger charge is -2.08. The molecule has 0 saturated heterocycles. The van der Waals surface area contributed by atoms with E-state index in [1.807, 2.05) is 6.92 Å². The molecule has 6 heteroatoms. The number of benzene rings is 2. The molecule has 0 bridgehead atoms. The lowest BCUT2D eigenvalue weighted by atomic mass is 10.2. The van der Waals surface area contributed by atoms with Gasteiger partial charge in [-0.15, -0.1) is 0 Å². The summed E-state index contributed by atoms with van der Waals surface area (Å²) in [6, 6.07) is 9.61. The molecule has 0 fully saturated rings. The summed E-state index contributed by atoms with van der Waals surface area (Å²) in [5.41, 5.74) is 0.0247. The molecule has 0 saturated carbocycles. The van der Waals surface area contributed by atoms with E-state index in [2.05, 4.69) is 0 Å². The van der Waals surface area contributed by atoms with Crippen LogP contribution < -0.4 is 0 Å². The highest BCUT2D eigenvalue weighted by Crippen LogP contribution is 2.30. The first kappa shape index (κ1) is 14.6. The Morgan fingerprint density at radius 2 is 1.20 bits per heavy atom. The van der Waals surface area contributed by atoms with Gasteiger partial charge in [-0.05, 0) is 43.3 Å². The number of halogens is 3. The summed E-state index contributed by atoms with van der Waals surface area (Å²) >= 11 is 0. The van der Waals surface area contributed by atoms with Gasteiger partial charge in [-0.1, -0.05) is 17.7 Å². The van der Waals surface area contributed by atoms with Crippen molar-refractivity contribution in [1.29, 1.82) is 0 Å². The van der Waals surface area contributed by atoms with Crippen LogP contribution in [0.3, 0.4) is 0 Å². The lowest BCUT2D eigenvalue weighted by molar-refractivity contribution is -0.137. The van der Waals surface area contributed by atoms with Crippen LogP contribution in [-0.4, -0.2) is 8.42 Å². The van der Waals surface area contributed by atoms with E-state index < -0.39 is 21.6 Å². The van der Waals surface area contributed by atoms with E-state index in [1.165, 1.54) is 12.1 Å². The Labute approximate surface area is 114 Å². The Kier molecular flexibility index (Phi) is 3.60. The molecule has 0 aliphatic carbocycles. The first-order chi connectivity index (χ1) is 9.21. The average molecular weight is 300 g/mol. The minimum atomic E-state index is -4.48. The molecule has 0 N–H and O–H groups in total. The van der Waals surface area contributed by atoms with Crippen LogP contribution in [0.5, 0.6) is 0 Å². The van der Waals surface area contributed by atoms with Crippen molar-refractivity contribution in [1.82, 2.24) is 0 Å². The van der Waals surface area contributed by atoms with Crippen molar-refractivity contribution in [3.63, 3.8) is 0 Å². The maximum Gasteiger partial charge on any atom is 0.416 e. The molecular weight excluding hydrogens is 289 g/mol. The van der Waals surface area contributed by atoms with Gasteiger partial charge in [0, 0.05) is 0 Å². The molecule has 2 nitrogen and oxygen atoms in total. The number of sulfone groups is 1. The van der Waals surface area contributed by atoms with Crippen molar-refractivity contribution in [3.05, 3.63) is 59.7 Å². The molecule has 20 heavy (non-hydrogen) atoms. The first-order valence-corrected chi connectivity index (χ1v) is 7.18. The van der Waals surface area contributed by atoms with Gasteiger partial charge in [0.05, 0.1) is 15.4 Å². The van der Waals surface area contributed by atoms with Crippen molar-refractivity contribution in [2.45, 2.75) is 22.9 Å². The molecule has 2 aromatic rings. The third-order valence-electron chi connectivity index (χ3n) is 2.82. The van der Waals surface area contributed by atoms with Crippen molar-refractivity contribution < 1.29 is 21.6 Å². The molecule has 0 amide bonds. The second-order valence-corrected chi connectivity index (χ2v) is 6.29. The van der Waals surface area contributed by atoms with Gasteiger partial charge in [0.1, 0.15) is 0 Å². The minimum absolute atomic E-state index is 0.0582. The van der Waals surface area contributed by atoms with Gasteiger partial charge in [0.2, 0.25) is 9.84 Å². The lowest BCUT2D eigenvalue weighted by Crippen LogP contribution is -2.06. The topological polar surface area (TPSA) is 34.1 Å². The third kappa shape index (κ3) is 2.85. The third-order valence-corrected chi connectivity index (χ3v) is 4.61. The van der Waals surface area contributed by atoms with Crippen LogP contribution in [0.4, 0.5) is 13.2 Å². The Morgan fingerprint density at radius 3 is 1.60 bits per heavy atom. The molecule has 2 rings (SSSR count). The predicted molar refractivity (Wildman–Crippen MR) is 68.1 cm³/mol. The van der Waals surface area contributed by atoms with Gasteiger partial charge < -0.3 is 0 Å². The van der Waals surface area contributed by atoms with Crippen LogP contribution in [0.2, 0.25) is 0 Å². The average Bonchev–Trinajstić information content (AvgIpc) is 2.38. The summed E-state index contributed by atoms with van der Waals surface area (Å²) < 4.78 is 61.8. The fourth-order valence-electron chi connectivity index (χ4n) is 1.68. The molecule has 0 aliphatic heterocycles. The molecular formula is C14H11F3O2S. The number of rotatable bonds is 2. The van der Waals surface area contributed by atoms with Crippen molar-refractivity contribution in [2.24, 2.45) is 0 Å². The van der Waals surface area contributed by atoms with E-state index in [-0.39, 0.29) is 9.79 Å². The van der Waals surface area contributed by atoms with Gasteiger partial charge in [0.25, 0.3) is 0 Å². The number of aryl methyl sites for hydroxylation is 1. The largest absolute Gasteiger partial charge is 0.416 e. The first-order valence-electron chi connectivity index (χ1n) is 5.70. The standard InChI is InChI=1S/C14H11F3O2S/c1-10-2-6-12(7-3-10)20(18,19)13-8-4-11(5-9-13)14(15,16)17/h2-9H,1H3. The number of hydrogen-bond acceptors (Lipinski definition) is 2. The van der Waals surface area contributed by atoms with Crippen LogP contribution in [0.15, 0.2) is 58.3 Å². The predicted octanol–water partition coefficient (Wildman–Crippen LogP) is 3.85.